The molecule has 0 radical (unpaired) electrons. The zero-order chi connectivity index (χ0) is 20.5. The molecule has 5 rings (SSSR count). The normalized spacial score (nSPS) is 13.9. The second-order valence-corrected chi connectivity index (χ2v) is 7.30. The van der Waals surface area contributed by atoms with Gasteiger partial charge in [-0.1, -0.05) is 0 Å². The Morgan fingerprint density at radius 1 is 1.03 bits per heavy atom. The molecule has 0 atom stereocenters. The highest BCUT2D eigenvalue weighted by Gasteiger charge is 2.21. The minimum absolute atomic E-state index is 0.446. The van der Waals surface area contributed by atoms with Crippen LogP contribution < -0.4 is 0 Å². The molecule has 0 aliphatic carbocycles. The molecule has 0 fully saturated rings. The Morgan fingerprint density at radius 2 is 1.90 bits per heavy atom. The molecule has 1 aromatic carbocycles. The van der Waals surface area contributed by atoms with Crippen LogP contribution in [0.15, 0.2) is 55.1 Å². The maximum atomic E-state index is 13.6. The minimum atomic E-state index is -0.612. The molecule has 150 valence electrons. The third-order valence-corrected chi connectivity index (χ3v) is 5.20. The molecule has 6 nitrogen and oxygen atoms in total. The first kappa shape index (κ1) is 18.5. The third kappa shape index (κ3) is 3.69. The monoisotopic (exact) mass is 404 g/mol. The number of nitrogens with one attached hydrogen (secondary N) is 1. The van der Waals surface area contributed by atoms with Gasteiger partial charge in [0.25, 0.3) is 0 Å². The second kappa shape index (κ2) is 7.72. The van der Waals surface area contributed by atoms with E-state index in [0.29, 0.717) is 30.2 Å². The molecule has 8 heteroatoms. The summed E-state index contributed by atoms with van der Waals surface area (Å²) in [5.41, 5.74) is 4.98. The van der Waals surface area contributed by atoms with Crippen LogP contribution >= 0.6 is 0 Å². The number of rotatable bonds is 4. The number of H-pyrrole nitrogens is 1. The molecule has 0 saturated carbocycles. The molecule has 0 amide bonds. The molecular formula is C22H18F2N6. The van der Waals surface area contributed by atoms with Crippen LogP contribution in [0.5, 0.6) is 0 Å². The van der Waals surface area contributed by atoms with Crippen molar-refractivity contribution in [2.24, 2.45) is 0 Å². The van der Waals surface area contributed by atoms with E-state index in [-0.39, 0.29) is 0 Å². The molecule has 4 aromatic rings. The van der Waals surface area contributed by atoms with Crippen molar-refractivity contribution in [1.29, 1.82) is 0 Å². The van der Waals surface area contributed by atoms with Crippen molar-refractivity contribution >= 4 is 0 Å². The molecule has 1 aliphatic rings. The van der Waals surface area contributed by atoms with Gasteiger partial charge in [-0.05, 0) is 24.3 Å². The number of nitrogens with zero attached hydrogens (tertiary/aromatic N) is 5. The van der Waals surface area contributed by atoms with Crippen molar-refractivity contribution in [2.75, 3.05) is 6.54 Å². The molecule has 4 heterocycles. The van der Waals surface area contributed by atoms with E-state index in [1.165, 1.54) is 12.1 Å². The summed E-state index contributed by atoms with van der Waals surface area (Å²) in [7, 11) is 0. The third-order valence-electron chi connectivity index (χ3n) is 5.20. The summed E-state index contributed by atoms with van der Waals surface area (Å²) in [6.45, 7) is 2.12. The quantitative estimate of drug-likeness (QED) is 0.561. The summed E-state index contributed by atoms with van der Waals surface area (Å²) in [5, 5.41) is 6.96. The summed E-state index contributed by atoms with van der Waals surface area (Å²) in [4.78, 5) is 15.6. The number of hydrogen-bond donors (Lipinski definition) is 1. The lowest BCUT2D eigenvalue weighted by molar-refractivity contribution is 0.243. The lowest BCUT2D eigenvalue weighted by atomic mass is 10.0. The molecule has 1 aliphatic heterocycles. The van der Waals surface area contributed by atoms with Gasteiger partial charge in [0.15, 0.2) is 5.82 Å². The van der Waals surface area contributed by atoms with E-state index in [2.05, 4.69) is 25.1 Å². The van der Waals surface area contributed by atoms with Crippen LogP contribution in [0.1, 0.15) is 16.8 Å². The number of benzene rings is 1. The second-order valence-electron chi connectivity index (χ2n) is 7.30. The average Bonchev–Trinajstić information content (AvgIpc) is 3.21. The lowest BCUT2D eigenvalue weighted by Crippen LogP contribution is -2.31. The average molecular weight is 404 g/mol. The first-order chi connectivity index (χ1) is 14.7. The smallest absolute Gasteiger partial charge is 0.160 e. The number of aromatic nitrogens is 5. The molecule has 30 heavy (non-hydrogen) atoms. The van der Waals surface area contributed by atoms with Crippen molar-refractivity contribution in [3.8, 4) is 22.6 Å². The first-order valence-corrected chi connectivity index (χ1v) is 9.62. The number of aromatic amines is 1. The van der Waals surface area contributed by atoms with E-state index in [1.807, 2.05) is 18.3 Å². The summed E-state index contributed by atoms with van der Waals surface area (Å²) in [6.07, 6.45) is 7.85. The fourth-order valence-corrected chi connectivity index (χ4v) is 3.76. The van der Waals surface area contributed by atoms with Crippen LogP contribution in [-0.4, -0.2) is 36.6 Å². The Hall–Kier alpha value is -3.52. The predicted molar refractivity (Wildman–Crippen MR) is 107 cm³/mol. The van der Waals surface area contributed by atoms with Gasteiger partial charge in [0.2, 0.25) is 0 Å². The molecule has 1 N–H and O–H groups in total. The van der Waals surface area contributed by atoms with Gasteiger partial charge in [0, 0.05) is 73.0 Å². The van der Waals surface area contributed by atoms with Gasteiger partial charge in [-0.15, -0.1) is 0 Å². The molecule has 0 saturated heterocycles. The summed E-state index contributed by atoms with van der Waals surface area (Å²) in [5.74, 6) is -0.543. The fourth-order valence-electron chi connectivity index (χ4n) is 3.76. The van der Waals surface area contributed by atoms with Crippen molar-refractivity contribution in [3.63, 3.8) is 0 Å². The van der Waals surface area contributed by atoms with E-state index < -0.39 is 11.6 Å². The number of hydrogen-bond acceptors (Lipinski definition) is 5. The Kier molecular flexibility index (Phi) is 4.76. The fraction of sp³-hybridized carbons (Fsp3) is 0.182. The molecule has 0 spiro atoms. The van der Waals surface area contributed by atoms with Gasteiger partial charge in [-0.2, -0.15) is 5.10 Å². The lowest BCUT2D eigenvalue weighted by Gasteiger charge is -2.28. The highest BCUT2D eigenvalue weighted by Crippen LogP contribution is 2.26. The van der Waals surface area contributed by atoms with Gasteiger partial charge in [-0.3, -0.25) is 15.0 Å². The maximum absolute atomic E-state index is 13.6. The van der Waals surface area contributed by atoms with Crippen LogP contribution in [0.4, 0.5) is 8.78 Å². The van der Waals surface area contributed by atoms with Gasteiger partial charge in [-0.25, -0.2) is 18.7 Å². The zero-order valence-corrected chi connectivity index (χ0v) is 16.0. The summed E-state index contributed by atoms with van der Waals surface area (Å²) in [6, 6.07) is 7.28. The van der Waals surface area contributed by atoms with Gasteiger partial charge in [0.1, 0.15) is 11.6 Å². The van der Waals surface area contributed by atoms with Crippen LogP contribution in [0.2, 0.25) is 0 Å². The van der Waals surface area contributed by atoms with Crippen LogP contribution in [0.25, 0.3) is 22.6 Å². The van der Waals surface area contributed by atoms with Gasteiger partial charge >= 0.3 is 0 Å². The van der Waals surface area contributed by atoms with Crippen LogP contribution in [-0.2, 0) is 19.5 Å². The Bertz CT molecular complexity index is 1170. The van der Waals surface area contributed by atoms with Crippen molar-refractivity contribution in [3.05, 3.63) is 83.6 Å². The molecule has 0 unspecified atom stereocenters. The van der Waals surface area contributed by atoms with Crippen LogP contribution in [0, 0.1) is 11.6 Å². The molecular weight excluding hydrogens is 386 g/mol. The Labute approximate surface area is 171 Å². The topological polar surface area (TPSA) is 70.6 Å². The van der Waals surface area contributed by atoms with E-state index >= 15 is 0 Å². The Balaban J connectivity index is 1.35. The number of fused-ring (bicyclic) bond motifs is 1. The number of pyridine rings is 1. The van der Waals surface area contributed by atoms with E-state index in [9.17, 15) is 8.78 Å². The standard InChI is InChI=1S/C22H18F2N6/c23-18-6-15(7-19(24)8-18)21-17(11-27-29-21)13-30-5-3-20-16(12-30)10-26-22(28-20)14-2-1-4-25-9-14/h1-2,4,6-11H,3,5,12-13H2,(H,27,29). The summed E-state index contributed by atoms with van der Waals surface area (Å²) >= 11 is 0. The molecule has 3 aromatic heterocycles. The highest BCUT2D eigenvalue weighted by molar-refractivity contribution is 5.62. The summed E-state index contributed by atoms with van der Waals surface area (Å²) < 4.78 is 27.3. The van der Waals surface area contributed by atoms with Gasteiger partial charge < -0.3 is 0 Å². The van der Waals surface area contributed by atoms with Crippen molar-refractivity contribution in [2.45, 2.75) is 19.5 Å². The maximum Gasteiger partial charge on any atom is 0.160 e. The Morgan fingerprint density at radius 3 is 2.70 bits per heavy atom. The predicted octanol–water partition coefficient (Wildman–Crippen LogP) is 3.77. The van der Waals surface area contributed by atoms with Crippen molar-refractivity contribution in [1.82, 2.24) is 30.0 Å². The van der Waals surface area contributed by atoms with E-state index in [1.54, 1.807) is 18.6 Å². The largest absolute Gasteiger partial charge is 0.294 e. The van der Waals surface area contributed by atoms with Gasteiger partial charge in [0.05, 0.1) is 17.6 Å². The number of halogens is 2. The SMILES string of the molecule is Fc1cc(F)cc(-c2[nH]ncc2CN2CCc3nc(-c4cccnc4)ncc3C2)c1. The van der Waals surface area contributed by atoms with E-state index in [0.717, 1.165) is 41.4 Å². The van der Waals surface area contributed by atoms with E-state index in [4.69, 9.17) is 4.98 Å². The highest BCUT2D eigenvalue weighted by atomic mass is 19.1. The van der Waals surface area contributed by atoms with Crippen molar-refractivity contribution < 1.29 is 8.78 Å². The van der Waals surface area contributed by atoms with Crippen LogP contribution in [0.3, 0.4) is 0 Å². The molecule has 0 bridgehead atoms. The minimum Gasteiger partial charge on any atom is -0.294 e. The first-order valence-electron chi connectivity index (χ1n) is 9.62. The zero-order valence-electron chi connectivity index (χ0n) is 16.0.